The SMILES string of the molecule is CC(C)(NC(=O)[C@@H]1CCC[C@@H]1CN)c1ccc([N+](=O)[O-])cc1. The van der Waals surface area contributed by atoms with Crippen LogP contribution in [0.1, 0.15) is 38.7 Å². The maximum Gasteiger partial charge on any atom is 0.269 e. The quantitative estimate of drug-likeness (QED) is 0.644. The largest absolute Gasteiger partial charge is 0.347 e. The van der Waals surface area contributed by atoms with Crippen molar-refractivity contribution in [3.63, 3.8) is 0 Å². The average Bonchev–Trinajstić information content (AvgIpc) is 2.95. The van der Waals surface area contributed by atoms with Crippen molar-refractivity contribution >= 4 is 11.6 Å². The maximum absolute atomic E-state index is 12.5. The molecule has 0 aromatic heterocycles. The lowest BCUT2D eigenvalue weighted by atomic mass is 9.90. The first kappa shape index (κ1) is 16.4. The minimum absolute atomic E-state index is 0.0244. The van der Waals surface area contributed by atoms with Crippen molar-refractivity contribution in [3.8, 4) is 0 Å². The molecule has 1 fully saturated rings. The molecule has 120 valence electrons. The predicted molar refractivity (Wildman–Crippen MR) is 84.2 cm³/mol. The van der Waals surface area contributed by atoms with Crippen LogP contribution in [0.5, 0.6) is 0 Å². The molecule has 1 aromatic rings. The summed E-state index contributed by atoms with van der Waals surface area (Å²) in [6, 6.07) is 6.30. The van der Waals surface area contributed by atoms with Gasteiger partial charge in [-0.15, -0.1) is 0 Å². The molecule has 1 aromatic carbocycles. The van der Waals surface area contributed by atoms with E-state index < -0.39 is 10.5 Å². The molecule has 22 heavy (non-hydrogen) atoms. The van der Waals surface area contributed by atoms with Crippen LogP contribution in [0.25, 0.3) is 0 Å². The number of nitrogens with one attached hydrogen (secondary N) is 1. The van der Waals surface area contributed by atoms with Gasteiger partial charge in [0.2, 0.25) is 5.91 Å². The first-order chi connectivity index (χ1) is 10.3. The fourth-order valence-corrected chi connectivity index (χ4v) is 3.14. The number of nitro groups is 1. The second-order valence-electron chi connectivity index (χ2n) is 6.45. The van der Waals surface area contributed by atoms with Crippen LogP contribution in [0.15, 0.2) is 24.3 Å². The minimum Gasteiger partial charge on any atom is -0.347 e. The summed E-state index contributed by atoms with van der Waals surface area (Å²) in [5.74, 6) is 0.256. The summed E-state index contributed by atoms with van der Waals surface area (Å²) < 4.78 is 0. The number of nitrogens with two attached hydrogens (primary N) is 1. The molecule has 0 unspecified atom stereocenters. The molecule has 3 N–H and O–H groups in total. The molecule has 6 nitrogen and oxygen atoms in total. The van der Waals surface area contributed by atoms with Gasteiger partial charge in [-0.05, 0) is 56.8 Å². The lowest BCUT2D eigenvalue weighted by Crippen LogP contribution is -2.45. The van der Waals surface area contributed by atoms with Gasteiger partial charge in [0, 0.05) is 18.1 Å². The lowest BCUT2D eigenvalue weighted by molar-refractivity contribution is -0.384. The first-order valence-corrected chi connectivity index (χ1v) is 7.62. The zero-order valence-electron chi connectivity index (χ0n) is 13.0. The molecule has 1 saturated carbocycles. The number of hydrogen-bond donors (Lipinski definition) is 2. The van der Waals surface area contributed by atoms with Crippen molar-refractivity contribution in [2.45, 2.75) is 38.6 Å². The van der Waals surface area contributed by atoms with Crippen molar-refractivity contribution in [3.05, 3.63) is 39.9 Å². The Morgan fingerprint density at radius 3 is 2.55 bits per heavy atom. The highest BCUT2D eigenvalue weighted by atomic mass is 16.6. The van der Waals surface area contributed by atoms with Crippen molar-refractivity contribution in [2.24, 2.45) is 17.6 Å². The molecule has 2 rings (SSSR count). The van der Waals surface area contributed by atoms with Crippen molar-refractivity contribution in [1.82, 2.24) is 5.32 Å². The summed E-state index contributed by atoms with van der Waals surface area (Å²) in [4.78, 5) is 22.8. The number of rotatable bonds is 5. The van der Waals surface area contributed by atoms with E-state index in [-0.39, 0.29) is 23.4 Å². The van der Waals surface area contributed by atoms with E-state index >= 15 is 0 Å². The molecular weight excluding hydrogens is 282 g/mol. The number of carbonyl (C=O) groups excluding carboxylic acids is 1. The number of hydrogen-bond acceptors (Lipinski definition) is 4. The van der Waals surface area contributed by atoms with Crippen LogP contribution in [0.2, 0.25) is 0 Å². The number of carbonyl (C=O) groups is 1. The van der Waals surface area contributed by atoms with E-state index in [0.717, 1.165) is 24.8 Å². The standard InChI is InChI=1S/C16H23N3O3/c1-16(2,12-6-8-13(9-7-12)19(21)22)18-15(20)14-5-3-4-11(14)10-17/h6-9,11,14H,3-5,10,17H2,1-2H3,(H,18,20)/t11-,14-/m1/s1. The third-order valence-corrected chi connectivity index (χ3v) is 4.53. The third kappa shape index (κ3) is 3.44. The summed E-state index contributed by atoms with van der Waals surface area (Å²) in [5.41, 5.74) is 6.05. The van der Waals surface area contributed by atoms with E-state index in [1.807, 2.05) is 13.8 Å². The number of benzene rings is 1. The van der Waals surface area contributed by atoms with E-state index in [1.54, 1.807) is 12.1 Å². The van der Waals surface area contributed by atoms with Gasteiger partial charge < -0.3 is 11.1 Å². The molecule has 0 bridgehead atoms. The van der Waals surface area contributed by atoms with E-state index in [9.17, 15) is 14.9 Å². The Bertz CT molecular complexity index is 554. The smallest absolute Gasteiger partial charge is 0.269 e. The molecule has 0 radical (unpaired) electrons. The molecule has 0 saturated heterocycles. The second kappa shape index (κ2) is 6.44. The van der Waals surface area contributed by atoms with Crippen LogP contribution in [-0.4, -0.2) is 17.4 Å². The molecule has 6 heteroatoms. The number of nitro benzene ring substituents is 1. The Morgan fingerprint density at radius 2 is 2.00 bits per heavy atom. The molecule has 1 amide bonds. The average molecular weight is 305 g/mol. The van der Waals surface area contributed by atoms with Gasteiger partial charge in [-0.1, -0.05) is 6.42 Å². The Hall–Kier alpha value is -1.95. The molecule has 1 aliphatic carbocycles. The topological polar surface area (TPSA) is 98.3 Å². The van der Waals surface area contributed by atoms with Gasteiger partial charge in [-0.2, -0.15) is 0 Å². The minimum atomic E-state index is -0.575. The van der Waals surface area contributed by atoms with Crippen LogP contribution in [0.3, 0.4) is 0 Å². The van der Waals surface area contributed by atoms with E-state index in [2.05, 4.69) is 5.32 Å². The predicted octanol–water partition coefficient (Wildman–Crippen LogP) is 2.32. The lowest BCUT2D eigenvalue weighted by Gasteiger charge is -2.29. The Labute approximate surface area is 130 Å². The molecule has 2 atom stereocenters. The number of non-ortho nitro benzene ring substituents is 1. The Kier molecular flexibility index (Phi) is 4.81. The summed E-state index contributed by atoms with van der Waals surface area (Å²) in [5, 5.41) is 13.8. The highest BCUT2D eigenvalue weighted by molar-refractivity contribution is 5.80. The molecular formula is C16H23N3O3. The van der Waals surface area contributed by atoms with Gasteiger partial charge >= 0.3 is 0 Å². The van der Waals surface area contributed by atoms with Crippen LogP contribution in [0, 0.1) is 22.0 Å². The first-order valence-electron chi connectivity index (χ1n) is 7.62. The zero-order valence-corrected chi connectivity index (χ0v) is 13.0. The monoisotopic (exact) mass is 305 g/mol. The molecule has 1 aliphatic rings. The van der Waals surface area contributed by atoms with Gasteiger partial charge in [-0.25, -0.2) is 0 Å². The van der Waals surface area contributed by atoms with E-state index in [0.29, 0.717) is 6.54 Å². The summed E-state index contributed by atoms with van der Waals surface area (Å²) >= 11 is 0. The highest BCUT2D eigenvalue weighted by Gasteiger charge is 2.34. The van der Waals surface area contributed by atoms with Gasteiger partial charge in [0.15, 0.2) is 0 Å². The van der Waals surface area contributed by atoms with Crippen molar-refractivity contribution in [1.29, 1.82) is 0 Å². The van der Waals surface area contributed by atoms with E-state index in [4.69, 9.17) is 5.73 Å². The Balaban J connectivity index is 2.09. The van der Waals surface area contributed by atoms with Gasteiger partial charge in [-0.3, -0.25) is 14.9 Å². The van der Waals surface area contributed by atoms with Crippen molar-refractivity contribution in [2.75, 3.05) is 6.54 Å². The Morgan fingerprint density at radius 1 is 1.36 bits per heavy atom. The van der Waals surface area contributed by atoms with Gasteiger partial charge in [0.05, 0.1) is 10.5 Å². The van der Waals surface area contributed by atoms with E-state index in [1.165, 1.54) is 12.1 Å². The van der Waals surface area contributed by atoms with Crippen LogP contribution >= 0.6 is 0 Å². The molecule has 0 aliphatic heterocycles. The molecule has 0 spiro atoms. The van der Waals surface area contributed by atoms with Gasteiger partial charge in [0.25, 0.3) is 5.69 Å². The summed E-state index contributed by atoms with van der Waals surface area (Å²) in [6.07, 6.45) is 2.93. The number of amides is 1. The highest BCUT2D eigenvalue weighted by Crippen LogP contribution is 2.32. The third-order valence-electron chi connectivity index (χ3n) is 4.53. The van der Waals surface area contributed by atoms with Crippen LogP contribution in [-0.2, 0) is 10.3 Å². The van der Waals surface area contributed by atoms with Crippen LogP contribution in [0.4, 0.5) is 5.69 Å². The maximum atomic E-state index is 12.5. The molecule has 0 heterocycles. The van der Waals surface area contributed by atoms with Crippen molar-refractivity contribution < 1.29 is 9.72 Å². The number of nitrogens with zero attached hydrogens (tertiary/aromatic N) is 1. The van der Waals surface area contributed by atoms with Crippen LogP contribution < -0.4 is 11.1 Å². The summed E-state index contributed by atoms with van der Waals surface area (Å²) in [7, 11) is 0. The second-order valence-corrected chi connectivity index (χ2v) is 6.45. The van der Waals surface area contributed by atoms with Gasteiger partial charge in [0.1, 0.15) is 0 Å². The fraction of sp³-hybridized carbons (Fsp3) is 0.562. The zero-order chi connectivity index (χ0) is 16.3. The summed E-state index contributed by atoms with van der Waals surface area (Å²) in [6.45, 7) is 4.34. The fourth-order valence-electron chi connectivity index (χ4n) is 3.14. The normalized spacial score (nSPS) is 21.6.